The maximum atomic E-state index is 13.3. The van der Waals surface area contributed by atoms with E-state index < -0.39 is 5.92 Å². The molecule has 0 unspecified atom stereocenters. The van der Waals surface area contributed by atoms with E-state index in [1.807, 2.05) is 31.2 Å². The highest BCUT2D eigenvalue weighted by atomic mass is 16.5. The SMILES string of the molecule is CCOC(=O)C1=C(C)NC2=C(C(=O)CC(C)(C)C2)[C@H]1c1cccc2ccccc12. The van der Waals surface area contributed by atoms with Crippen molar-refractivity contribution in [2.45, 2.75) is 46.5 Å². The summed E-state index contributed by atoms with van der Waals surface area (Å²) in [6.45, 7) is 8.23. The Labute approximate surface area is 171 Å². The maximum Gasteiger partial charge on any atom is 0.336 e. The van der Waals surface area contributed by atoms with Crippen molar-refractivity contribution in [2.24, 2.45) is 5.41 Å². The topological polar surface area (TPSA) is 55.4 Å². The predicted octanol–water partition coefficient (Wildman–Crippen LogP) is 5.01. The molecule has 29 heavy (non-hydrogen) atoms. The number of fused-ring (bicyclic) bond motifs is 1. The summed E-state index contributed by atoms with van der Waals surface area (Å²) in [6.07, 6.45) is 1.26. The van der Waals surface area contributed by atoms with Gasteiger partial charge >= 0.3 is 5.97 Å². The number of rotatable bonds is 3. The minimum absolute atomic E-state index is 0.103. The van der Waals surface area contributed by atoms with Gasteiger partial charge in [-0.1, -0.05) is 56.3 Å². The average Bonchev–Trinajstić information content (AvgIpc) is 2.65. The standard InChI is InChI=1S/C25H27NO3/c1-5-29-24(28)21-15(2)26-19-13-25(3,4)14-20(27)23(19)22(21)18-12-8-10-16-9-6-7-11-17(16)18/h6-12,22,26H,5,13-14H2,1-4H3/t22-/m0/s1. The van der Waals surface area contributed by atoms with Gasteiger partial charge in [-0.05, 0) is 42.0 Å². The number of allylic oxidation sites excluding steroid dienone is 3. The monoisotopic (exact) mass is 389 g/mol. The molecule has 0 amide bonds. The molecule has 0 bridgehead atoms. The van der Waals surface area contributed by atoms with E-state index in [2.05, 4.69) is 37.4 Å². The van der Waals surface area contributed by atoms with Crippen molar-refractivity contribution in [1.82, 2.24) is 5.32 Å². The molecule has 2 aliphatic rings. The summed E-state index contributed by atoms with van der Waals surface area (Å²) >= 11 is 0. The fourth-order valence-electron chi connectivity index (χ4n) is 4.73. The summed E-state index contributed by atoms with van der Waals surface area (Å²) in [5.74, 6) is -0.671. The van der Waals surface area contributed by atoms with E-state index in [0.29, 0.717) is 24.2 Å². The van der Waals surface area contributed by atoms with Gasteiger partial charge in [-0.2, -0.15) is 0 Å². The molecule has 4 nitrogen and oxygen atoms in total. The largest absolute Gasteiger partial charge is 0.463 e. The molecule has 1 heterocycles. The number of carbonyl (C=O) groups is 2. The van der Waals surface area contributed by atoms with E-state index in [1.165, 1.54) is 0 Å². The Kier molecular flexibility index (Phi) is 4.81. The van der Waals surface area contributed by atoms with Gasteiger partial charge in [0.1, 0.15) is 0 Å². The number of ether oxygens (including phenoxy) is 1. The average molecular weight is 389 g/mol. The van der Waals surface area contributed by atoms with Crippen LogP contribution >= 0.6 is 0 Å². The van der Waals surface area contributed by atoms with Gasteiger partial charge in [-0.3, -0.25) is 4.79 Å². The lowest BCUT2D eigenvalue weighted by Crippen LogP contribution is -2.38. The van der Waals surface area contributed by atoms with Gasteiger partial charge in [0.05, 0.1) is 12.2 Å². The minimum Gasteiger partial charge on any atom is -0.463 e. The van der Waals surface area contributed by atoms with Gasteiger partial charge in [0, 0.05) is 29.3 Å². The Balaban J connectivity index is 1.98. The first kappa shape index (κ1) is 19.4. The van der Waals surface area contributed by atoms with E-state index in [1.54, 1.807) is 6.92 Å². The molecule has 2 aromatic rings. The van der Waals surface area contributed by atoms with Gasteiger partial charge < -0.3 is 10.1 Å². The van der Waals surface area contributed by atoms with Crippen molar-refractivity contribution in [2.75, 3.05) is 6.61 Å². The smallest absolute Gasteiger partial charge is 0.336 e. The van der Waals surface area contributed by atoms with E-state index in [4.69, 9.17) is 4.74 Å². The van der Waals surface area contributed by atoms with Crippen molar-refractivity contribution in [3.63, 3.8) is 0 Å². The Morgan fingerprint density at radius 3 is 2.62 bits per heavy atom. The van der Waals surface area contributed by atoms with Gasteiger partial charge in [0.15, 0.2) is 5.78 Å². The summed E-state index contributed by atoms with van der Waals surface area (Å²) in [5, 5.41) is 5.53. The van der Waals surface area contributed by atoms with Crippen LogP contribution in [0.4, 0.5) is 0 Å². The summed E-state index contributed by atoms with van der Waals surface area (Å²) in [6, 6.07) is 14.2. The molecule has 1 aliphatic carbocycles. The number of ketones is 1. The van der Waals surface area contributed by atoms with Crippen LogP contribution in [0.25, 0.3) is 10.8 Å². The van der Waals surface area contributed by atoms with Gasteiger partial charge in [0.25, 0.3) is 0 Å². The lowest BCUT2D eigenvalue weighted by Gasteiger charge is -2.39. The van der Waals surface area contributed by atoms with Gasteiger partial charge in [-0.15, -0.1) is 0 Å². The number of Topliss-reactive ketones (excluding diaryl/α,β-unsaturated/α-hetero) is 1. The molecule has 0 aromatic heterocycles. The number of dihydropyridines is 1. The number of esters is 1. The Morgan fingerprint density at radius 2 is 1.86 bits per heavy atom. The molecule has 2 aromatic carbocycles. The van der Waals surface area contributed by atoms with E-state index in [-0.39, 0.29) is 17.2 Å². The number of benzene rings is 2. The molecule has 0 radical (unpaired) electrons. The highest BCUT2D eigenvalue weighted by Crippen LogP contribution is 2.47. The summed E-state index contributed by atoms with van der Waals surface area (Å²) in [4.78, 5) is 26.3. The van der Waals surface area contributed by atoms with Crippen LogP contribution < -0.4 is 5.32 Å². The van der Waals surface area contributed by atoms with Gasteiger partial charge in [0.2, 0.25) is 0 Å². The number of hydrogen-bond acceptors (Lipinski definition) is 4. The Morgan fingerprint density at radius 1 is 1.14 bits per heavy atom. The van der Waals surface area contributed by atoms with Crippen molar-refractivity contribution in [3.8, 4) is 0 Å². The summed E-state index contributed by atoms with van der Waals surface area (Å²) in [5.41, 5.74) is 3.84. The summed E-state index contributed by atoms with van der Waals surface area (Å²) in [7, 11) is 0. The second-order valence-corrected chi connectivity index (χ2v) is 8.72. The second kappa shape index (κ2) is 7.18. The molecular weight excluding hydrogens is 362 g/mol. The number of carbonyl (C=O) groups excluding carboxylic acids is 2. The van der Waals surface area contributed by atoms with Crippen LogP contribution in [-0.4, -0.2) is 18.4 Å². The molecular formula is C25H27NO3. The third kappa shape index (κ3) is 3.37. The molecule has 1 atom stereocenters. The molecule has 1 N–H and O–H groups in total. The maximum absolute atomic E-state index is 13.3. The lowest BCUT2D eigenvalue weighted by molar-refractivity contribution is -0.138. The molecule has 150 valence electrons. The van der Waals surface area contributed by atoms with Crippen molar-refractivity contribution < 1.29 is 14.3 Å². The number of nitrogens with one attached hydrogen (secondary N) is 1. The lowest BCUT2D eigenvalue weighted by atomic mass is 9.68. The Hall–Kier alpha value is -2.88. The zero-order chi connectivity index (χ0) is 20.8. The van der Waals surface area contributed by atoms with Crippen molar-refractivity contribution >= 4 is 22.5 Å². The predicted molar refractivity (Wildman–Crippen MR) is 114 cm³/mol. The zero-order valence-corrected chi connectivity index (χ0v) is 17.5. The highest BCUT2D eigenvalue weighted by Gasteiger charge is 2.43. The van der Waals surface area contributed by atoms with Crippen LogP contribution in [0.5, 0.6) is 0 Å². The Bertz CT molecular complexity index is 1070. The van der Waals surface area contributed by atoms with Crippen LogP contribution in [0, 0.1) is 5.41 Å². The molecule has 1 aliphatic heterocycles. The fourth-order valence-corrected chi connectivity index (χ4v) is 4.73. The van der Waals surface area contributed by atoms with Crippen molar-refractivity contribution in [3.05, 3.63) is 70.6 Å². The molecule has 0 spiro atoms. The van der Waals surface area contributed by atoms with Crippen LogP contribution in [-0.2, 0) is 14.3 Å². The first-order valence-corrected chi connectivity index (χ1v) is 10.2. The number of hydrogen-bond donors (Lipinski definition) is 1. The van der Waals surface area contributed by atoms with Crippen LogP contribution in [0.15, 0.2) is 65.0 Å². The third-order valence-electron chi connectivity index (χ3n) is 5.87. The third-order valence-corrected chi connectivity index (χ3v) is 5.87. The molecule has 0 saturated heterocycles. The molecule has 0 fully saturated rings. The summed E-state index contributed by atoms with van der Waals surface area (Å²) < 4.78 is 5.40. The van der Waals surface area contributed by atoms with E-state index in [0.717, 1.165) is 34.2 Å². The van der Waals surface area contributed by atoms with Crippen molar-refractivity contribution in [1.29, 1.82) is 0 Å². The molecule has 4 rings (SSSR count). The van der Waals surface area contributed by atoms with Gasteiger partial charge in [-0.25, -0.2) is 4.79 Å². The van der Waals surface area contributed by atoms with Crippen LogP contribution in [0.2, 0.25) is 0 Å². The van der Waals surface area contributed by atoms with Crippen LogP contribution in [0.3, 0.4) is 0 Å². The normalized spacial score (nSPS) is 21.1. The van der Waals surface area contributed by atoms with E-state index in [9.17, 15) is 9.59 Å². The minimum atomic E-state index is -0.417. The highest BCUT2D eigenvalue weighted by molar-refractivity contribution is 6.05. The van der Waals surface area contributed by atoms with Crippen LogP contribution in [0.1, 0.15) is 52.0 Å². The van der Waals surface area contributed by atoms with E-state index >= 15 is 0 Å². The first-order chi connectivity index (χ1) is 13.8. The fraction of sp³-hybridized carbons (Fsp3) is 0.360. The molecule has 4 heteroatoms. The first-order valence-electron chi connectivity index (χ1n) is 10.2. The quantitative estimate of drug-likeness (QED) is 0.750. The zero-order valence-electron chi connectivity index (χ0n) is 17.5. The molecule has 0 saturated carbocycles. The second-order valence-electron chi connectivity index (χ2n) is 8.72.